The number of para-hydroxylation sites is 1. The highest BCUT2D eigenvalue weighted by molar-refractivity contribution is 5.92. The first-order chi connectivity index (χ1) is 14.1. The third kappa shape index (κ3) is 4.31. The smallest absolute Gasteiger partial charge is 0.224 e. The maximum Gasteiger partial charge on any atom is 0.224 e. The Morgan fingerprint density at radius 3 is 2.86 bits per heavy atom. The van der Waals surface area contributed by atoms with Gasteiger partial charge in [0.2, 0.25) is 5.91 Å². The highest BCUT2D eigenvalue weighted by Gasteiger charge is 2.17. The molecule has 0 saturated heterocycles. The van der Waals surface area contributed by atoms with Crippen LogP contribution < -0.4 is 11.1 Å². The minimum absolute atomic E-state index is 0.0198. The average Bonchev–Trinajstić information content (AvgIpc) is 2.97. The van der Waals surface area contributed by atoms with Gasteiger partial charge in [0.05, 0.1) is 0 Å². The fraction of sp³-hybridized carbons (Fsp3) is 0.348. The summed E-state index contributed by atoms with van der Waals surface area (Å²) in [6.45, 7) is 2.95. The van der Waals surface area contributed by atoms with E-state index in [1.165, 1.54) is 12.8 Å². The number of nitrogens with two attached hydrogens (primary N) is 1. The number of aromatic nitrogens is 3. The van der Waals surface area contributed by atoms with E-state index >= 15 is 0 Å². The van der Waals surface area contributed by atoms with Gasteiger partial charge in [-0.15, -0.1) is 10.2 Å². The lowest BCUT2D eigenvalue weighted by molar-refractivity contribution is -0.116. The molecular weight excluding hydrogens is 362 g/mol. The van der Waals surface area contributed by atoms with E-state index in [1.807, 2.05) is 43.3 Å². The highest BCUT2D eigenvalue weighted by atomic mass is 16.1. The third-order valence-corrected chi connectivity index (χ3v) is 5.56. The monoisotopic (exact) mass is 389 g/mol. The summed E-state index contributed by atoms with van der Waals surface area (Å²) < 4.78 is 2.22. The molecule has 6 heteroatoms. The molecule has 0 bridgehead atoms. The molecule has 0 radical (unpaired) electrons. The van der Waals surface area contributed by atoms with Crippen LogP contribution in [0.3, 0.4) is 0 Å². The van der Waals surface area contributed by atoms with Crippen molar-refractivity contribution < 1.29 is 4.79 Å². The predicted octanol–water partition coefficient (Wildman–Crippen LogP) is 4.13. The molecule has 1 aliphatic rings. The number of anilines is 2. The molecule has 0 spiro atoms. The van der Waals surface area contributed by atoms with Crippen LogP contribution in [0.4, 0.5) is 11.4 Å². The lowest BCUT2D eigenvalue weighted by Gasteiger charge is -2.12. The minimum atomic E-state index is -0.0198. The standard InChI is InChI=1S/C23H27N5O/c1-16-10-11-18(23-27-26-21-9-3-2-6-14-28(21)23)15-20(16)25-22(29)13-12-17-7-4-5-8-19(17)24/h4-5,7-8,10-11,15H,2-3,6,9,12-14,24H2,1H3,(H,25,29). The number of carbonyl (C=O) groups is 1. The van der Waals surface area contributed by atoms with Crippen molar-refractivity contribution >= 4 is 17.3 Å². The summed E-state index contributed by atoms with van der Waals surface area (Å²) in [7, 11) is 0. The summed E-state index contributed by atoms with van der Waals surface area (Å²) in [5.74, 6) is 1.92. The number of amides is 1. The van der Waals surface area contributed by atoms with Gasteiger partial charge in [-0.25, -0.2) is 0 Å². The summed E-state index contributed by atoms with van der Waals surface area (Å²) in [6, 6.07) is 13.8. The molecule has 0 aliphatic carbocycles. The number of hydrogen-bond donors (Lipinski definition) is 2. The number of fused-ring (bicyclic) bond motifs is 1. The minimum Gasteiger partial charge on any atom is -0.399 e. The summed E-state index contributed by atoms with van der Waals surface area (Å²) in [6.07, 6.45) is 5.53. The van der Waals surface area contributed by atoms with Crippen LogP contribution >= 0.6 is 0 Å². The van der Waals surface area contributed by atoms with Crippen LogP contribution in [-0.4, -0.2) is 20.7 Å². The summed E-state index contributed by atoms with van der Waals surface area (Å²) in [5, 5.41) is 11.9. The first kappa shape index (κ1) is 19.2. The van der Waals surface area contributed by atoms with Crippen LogP contribution in [0.2, 0.25) is 0 Å². The third-order valence-electron chi connectivity index (χ3n) is 5.56. The van der Waals surface area contributed by atoms with Gasteiger partial charge >= 0.3 is 0 Å². The van der Waals surface area contributed by atoms with Crippen LogP contribution in [0.5, 0.6) is 0 Å². The van der Waals surface area contributed by atoms with Crippen LogP contribution in [0.15, 0.2) is 42.5 Å². The van der Waals surface area contributed by atoms with Crippen molar-refractivity contribution in [1.82, 2.24) is 14.8 Å². The summed E-state index contributed by atoms with van der Waals surface area (Å²) in [4.78, 5) is 12.5. The zero-order valence-corrected chi connectivity index (χ0v) is 16.8. The normalized spacial score (nSPS) is 13.6. The number of rotatable bonds is 5. The van der Waals surface area contributed by atoms with Crippen LogP contribution in [0.1, 0.15) is 42.6 Å². The molecule has 2 aromatic carbocycles. The van der Waals surface area contributed by atoms with E-state index in [2.05, 4.69) is 26.1 Å². The van der Waals surface area contributed by atoms with Crippen molar-refractivity contribution in [2.24, 2.45) is 0 Å². The van der Waals surface area contributed by atoms with Gasteiger partial charge in [0.1, 0.15) is 5.82 Å². The maximum absolute atomic E-state index is 12.5. The molecule has 6 nitrogen and oxygen atoms in total. The van der Waals surface area contributed by atoms with E-state index in [4.69, 9.17) is 5.73 Å². The van der Waals surface area contributed by atoms with Gasteiger partial charge in [-0.1, -0.05) is 36.8 Å². The van der Waals surface area contributed by atoms with Gasteiger partial charge in [0.25, 0.3) is 0 Å². The van der Waals surface area contributed by atoms with Gasteiger partial charge in [-0.2, -0.15) is 0 Å². The first-order valence-corrected chi connectivity index (χ1v) is 10.3. The molecule has 0 atom stereocenters. The Balaban J connectivity index is 1.50. The number of carbonyl (C=O) groups excluding carboxylic acids is 1. The Morgan fingerprint density at radius 1 is 1.14 bits per heavy atom. The molecule has 150 valence electrons. The highest BCUT2D eigenvalue weighted by Crippen LogP contribution is 2.27. The van der Waals surface area contributed by atoms with Crippen molar-refractivity contribution in [2.75, 3.05) is 11.1 Å². The molecule has 1 aromatic heterocycles. The molecule has 2 heterocycles. The van der Waals surface area contributed by atoms with Gasteiger partial charge in [-0.3, -0.25) is 4.79 Å². The second-order valence-corrected chi connectivity index (χ2v) is 7.68. The summed E-state index contributed by atoms with van der Waals surface area (Å²) >= 11 is 0. The van der Waals surface area contributed by atoms with E-state index < -0.39 is 0 Å². The van der Waals surface area contributed by atoms with Crippen molar-refractivity contribution in [3.63, 3.8) is 0 Å². The largest absolute Gasteiger partial charge is 0.399 e. The average molecular weight is 390 g/mol. The fourth-order valence-electron chi connectivity index (χ4n) is 3.82. The van der Waals surface area contributed by atoms with Crippen LogP contribution in [0, 0.1) is 6.92 Å². The number of benzene rings is 2. The molecule has 0 unspecified atom stereocenters. The van der Waals surface area contributed by atoms with Crippen molar-refractivity contribution in [3.05, 3.63) is 59.4 Å². The molecule has 1 aliphatic heterocycles. The Kier molecular flexibility index (Phi) is 5.60. The second-order valence-electron chi connectivity index (χ2n) is 7.68. The molecule has 0 fully saturated rings. The van der Waals surface area contributed by atoms with Crippen molar-refractivity contribution in [2.45, 2.75) is 52.0 Å². The number of nitrogen functional groups attached to an aromatic ring is 1. The molecule has 3 N–H and O–H groups in total. The second kappa shape index (κ2) is 8.47. The van der Waals surface area contributed by atoms with E-state index in [0.717, 1.165) is 59.1 Å². The molecule has 4 rings (SSSR count). The quantitative estimate of drug-likeness (QED) is 0.642. The topological polar surface area (TPSA) is 85.8 Å². The van der Waals surface area contributed by atoms with Gasteiger partial charge in [0.15, 0.2) is 5.82 Å². The molecule has 29 heavy (non-hydrogen) atoms. The van der Waals surface area contributed by atoms with E-state index in [9.17, 15) is 4.79 Å². The van der Waals surface area contributed by atoms with Crippen LogP contribution in [-0.2, 0) is 24.2 Å². The molecule has 0 saturated carbocycles. The van der Waals surface area contributed by atoms with Gasteiger partial charge in [-0.05, 0) is 49.4 Å². The number of nitrogens with zero attached hydrogens (tertiary/aromatic N) is 3. The number of hydrogen-bond acceptors (Lipinski definition) is 4. The zero-order valence-electron chi connectivity index (χ0n) is 16.8. The molecule has 1 amide bonds. The lowest BCUT2D eigenvalue weighted by Crippen LogP contribution is -2.14. The SMILES string of the molecule is Cc1ccc(-c2nnc3n2CCCCC3)cc1NC(=O)CCc1ccccc1N. The van der Waals surface area contributed by atoms with E-state index in [-0.39, 0.29) is 5.91 Å². The number of aryl methyl sites for hydroxylation is 3. The molecule has 3 aromatic rings. The lowest BCUT2D eigenvalue weighted by atomic mass is 10.1. The Morgan fingerprint density at radius 2 is 2.00 bits per heavy atom. The van der Waals surface area contributed by atoms with Gasteiger partial charge in [0, 0.05) is 36.3 Å². The van der Waals surface area contributed by atoms with Crippen molar-refractivity contribution in [1.29, 1.82) is 0 Å². The Labute approximate surface area is 171 Å². The predicted molar refractivity (Wildman–Crippen MR) is 116 cm³/mol. The summed E-state index contributed by atoms with van der Waals surface area (Å²) in [5.41, 5.74) is 10.5. The number of nitrogens with one attached hydrogen (secondary N) is 1. The first-order valence-electron chi connectivity index (χ1n) is 10.3. The Bertz CT molecular complexity index is 1020. The fourth-order valence-corrected chi connectivity index (χ4v) is 3.82. The maximum atomic E-state index is 12.5. The Hall–Kier alpha value is -3.15. The van der Waals surface area contributed by atoms with E-state index in [0.29, 0.717) is 12.8 Å². The van der Waals surface area contributed by atoms with E-state index in [1.54, 1.807) is 0 Å². The van der Waals surface area contributed by atoms with Crippen molar-refractivity contribution in [3.8, 4) is 11.4 Å². The van der Waals surface area contributed by atoms with Gasteiger partial charge < -0.3 is 15.6 Å². The van der Waals surface area contributed by atoms with Crippen LogP contribution in [0.25, 0.3) is 11.4 Å². The molecular formula is C23H27N5O. The zero-order chi connectivity index (χ0) is 20.2.